The molecule has 1 amide bonds. The molecule has 27 heavy (non-hydrogen) atoms. The Morgan fingerprint density at radius 1 is 1.19 bits per heavy atom. The number of aromatic nitrogens is 3. The SMILES string of the molecule is Cc1noc(C)c1CC(=O)N1CCOC2(CCN(c3ncccn3)CC2)C1. The second kappa shape index (κ2) is 7.26. The van der Waals surface area contributed by atoms with Crippen molar-refractivity contribution in [3.63, 3.8) is 0 Å². The van der Waals surface area contributed by atoms with Crippen LogP contribution >= 0.6 is 0 Å². The largest absolute Gasteiger partial charge is 0.371 e. The van der Waals surface area contributed by atoms with Crippen LogP contribution in [0.4, 0.5) is 5.95 Å². The number of carbonyl (C=O) groups is 1. The van der Waals surface area contributed by atoms with Gasteiger partial charge in [0.25, 0.3) is 0 Å². The molecule has 2 aromatic heterocycles. The second-order valence-corrected chi connectivity index (χ2v) is 7.36. The van der Waals surface area contributed by atoms with E-state index in [1.807, 2.05) is 24.8 Å². The van der Waals surface area contributed by atoms with Crippen molar-refractivity contribution in [3.05, 3.63) is 35.5 Å². The zero-order valence-corrected chi connectivity index (χ0v) is 15.8. The number of anilines is 1. The van der Waals surface area contributed by atoms with E-state index >= 15 is 0 Å². The molecule has 0 unspecified atom stereocenters. The lowest BCUT2D eigenvalue weighted by Crippen LogP contribution is -2.58. The van der Waals surface area contributed by atoms with Crippen molar-refractivity contribution < 1.29 is 14.1 Å². The summed E-state index contributed by atoms with van der Waals surface area (Å²) in [5.74, 6) is 1.59. The molecule has 1 spiro atoms. The molecule has 8 heteroatoms. The molecule has 0 atom stereocenters. The molecule has 2 saturated heterocycles. The molecular formula is C19H25N5O3. The third-order valence-electron chi connectivity index (χ3n) is 5.62. The predicted octanol–water partition coefficient (Wildman–Crippen LogP) is 1.52. The average Bonchev–Trinajstić information content (AvgIpc) is 3.01. The third kappa shape index (κ3) is 3.66. The Kier molecular flexibility index (Phi) is 4.82. The van der Waals surface area contributed by atoms with Crippen molar-refractivity contribution in [2.75, 3.05) is 37.7 Å². The van der Waals surface area contributed by atoms with Gasteiger partial charge in [0, 0.05) is 44.1 Å². The van der Waals surface area contributed by atoms with E-state index in [-0.39, 0.29) is 11.5 Å². The van der Waals surface area contributed by atoms with E-state index in [0.29, 0.717) is 26.1 Å². The molecule has 4 heterocycles. The van der Waals surface area contributed by atoms with Gasteiger partial charge >= 0.3 is 0 Å². The summed E-state index contributed by atoms with van der Waals surface area (Å²) in [5, 5.41) is 3.95. The number of amides is 1. The Hall–Kier alpha value is -2.48. The van der Waals surface area contributed by atoms with Gasteiger partial charge < -0.3 is 19.1 Å². The highest BCUT2D eigenvalue weighted by atomic mass is 16.5. The zero-order valence-electron chi connectivity index (χ0n) is 15.8. The van der Waals surface area contributed by atoms with Gasteiger partial charge in [-0.1, -0.05) is 5.16 Å². The molecule has 0 aliphatic carbocycles. The van der Waals surface area contributed by atoms with Crippen LogP contribution < -0.4 is 4.90 Å². The summed E-state index contributed by atoms with van der Waals surface area (Å²) in [6.45, 7) is 7.24. The number of aryl methyl sites for hydroxylation is 2. The summed E-state index contributed by atoms with van der Waals surface area (Å²) in [6, 6.07) is 1.82. The Morgan fingerprint density at radius 3 is 2.59 bits per heavy atom. The van der Waals surface area contributed by atoms with Crippen LogP contribution in [-0.2, 0) is 16.0 Å². The van der Waals surface area contributed by atoms with Crippen molar-refractivity contribution in [2.24, 2.45) is 0 Å². The number of hydrogen-bond donors (Lipinski definition) is 0. The number of carbonyl (C=O) groups excluding carboxylic acids is 1. The summed E-state index contributed by atoms with van der Waals surface area (Å²) < 4.78 is 11.3. The zero-order chi connectivity index (χ0) is 18.9. The van der Waals surface area contributed by atoms with E-state index in [9.17, 15) is 4.79 Å². The minimum absolute atomic E-state index is 0.112. The molecule has 2 aliphatic heterocycles. The Bertz CT molecular complexity index is 779. The van der Waals surface area contributed by atoms with E-state index in [1.165, 1.54) is 0 Å². The van der Waals surface area contributed by atoms with Gasteiger partial charge in [0.15, 0.2) is 0 Å². The number of hydrogen-bond acceptors (Lipinski definition) is 7. The van der Waals surface area contributed by atoms with Crippen molar-refractivity contribution >= 4 is 11.9 Å². The smallest absolute Gasteiger partial charge is 0.227 e. The van der Waals surface area contributed by atoms with Crippen LogP contribution in [0, 0.1) is 13.8 Å². The van der Waals surface area contributed by atoms with E-state index in [1.54, 1.807) is 12.4 Å². The number of nitrogens with zero attached hydrogens (tertiary/aromatic N) is 5. The van der Waals surface area contributed by atoms with Gasteiger partial charge in [-0.25, -0.2) is 9.97 Å². The molecular weight excluding hydrogens is 346 g/mol. The highest BCUT2D eigenvalue weighted by Gasteiger charge is 2.41. The molecule has 0 radical (unpaired) electrons. The lowest BCUT2D eigenvalue weighted by atomic mass is 9.89. The molecule has 2 aromatic rings. The summed E-state index contributed by atoms with van der Waals surface area (Å²) in [5.41, 5.74) is 1.43. The van der Waals surface area contributed by atoms with Crippen molar-refractivity contribution in [2.45, 2.75) is 38.7 Å². The summed E-state index contributed by atoms with van der Waals surface area (Å²) in [7, 11) is 0. The number of ether oxygens (including phenoxy) is 1. The Balaban J connectivity index is 1.39. The first-order valence-corrected chi connectivity index (χ1v) is 9.42. The van der Waals surface area contributed by atoms with Crippen LogP contribution in [0.3, 0.4) is 0 Å². The average molecular weight is 371 g/mol. The first kappa shape index (κ1) is 17.9. The van der Waals surface area contributed by atoms with Gasteiger partial charge in [-0.2, -0.15) is 0 Å². The topological polar surface area (TPSA) is 84.6 Å². The quantitative estimate of drug-likeness (QED) is 0.809. The third-order valence-corrected chi connectivity index (χ3v) is 5.62. The van der Waals surface area contributed by atoms with Crippen LogP contribution in [0.15, 0.2) is 23.0 Å². The molecule has 2 fully saturated rings. The van der Waals surface area contributed by atoms with Gasteiger partial charge in [-0.05, 0) is 32.8 Å². The maximum Gasteiger partial charge on any atom is 0.227 e. The summed E-state index contributed by atoms with van der Waals surface area (Å²) in [6.07, 6.45) is 5.58. The van der Waals surface area contributed by atoms with Crippen LogP contribution in [0.1, 0.15) is 29.9 Å². The predicted molar refractivity (Wildman–Crippen MR) is 98.4 cm³/mol. The maximum absolute atomic E-state index is 12.9. The highest BCUT2D eigenvalue weighted by molar-refractivity contribution is 5.79. The monoisotopic (exact) mass is 371 g/mol. The van der Waals surface area contributed by atoms with Crippen LogP contribution in [0.2, 0.25) is 0 Å². The fourth-order valence-electron chi connectivity index (χ4n) is 3.95. The normalized spacial score (nSPS) is 19.5. The first-order chi connectivity index (χ1) is 13.1. The highest BCUT2D eigenvalue weighted by Crippen LogP contribution is 2.31. The molecule has 4 rings (SSSR count). The van der Waals surface area contributed by atoms with Crippen molar-refractivity contribution in [1.82, 2.24) is 20.0 Å². The number of morpholine rings is 1. The number of piperidine rings is 1. The summed E-state index contributed by atoms with van der Waals surface area (Å²) in [4.78, 5) is 25.6. The van der Waals surface area contributed by atoms with E-state index in [4.69, 9.17) is 9.26 Å². The second-order valence-electron chi connectivity index (χ2n) is 7.36. The maximum atomic E-state index is 12.9. The van der Waals surface area contributed by atoms with E-state index in [0.717, 1.165) is 48.9 Å². The lowest BCUT2D eigenvalue weighted by Gasteiger charge is -2.47. The minimum Gasteiger partial charge on any atom is -0.371 e. The number of rotatable bonds is 3. The van der Waals surface area contributed by atoms with E-state index < -0.39 is 0 Å². The molecule has 0 bridgehead atoms. The Labute approximate surface area is 158 Å². The van der Waals surface area contributed by atoms with Gasteiger partial charge in [0.05, 0.1) is 24.3 Å². The van der Waals surface area contributed by atoms with Gasteiger partial charge in [0.2, 0.25) is 11.9 Å². The standard InChI is InChI=1S/C19H25N5O3/c1-14-16(15(2)27-22-14)12-17(25)24-10-11-26-19(13-24)4-8-23(9-5-19)18-20-6-3-7-21-18/h3,6-7H,4-5,8-13H2,1-2H3. The van der Waals surface area contributed by atoms with Crippen molar-refractivity contribution in [1.29, 1.82) is 0 Å². The Morgan fingerprint density at radius 2 is 1.93 bits per heavy atom. The van der Waals surface area contributed by atoms with E-state index in [2.05, 4.69) is 20.0 Å². The molecule has 144 valence electrons. The molecule has 0 aromatic carbocycles. The molecule has 0 saturated carbocycles. The molecule has 2 aliphatic rings. The minimum atomic E-state index is -0.266. The summed E-state index contributed by atoms with van der Waals surface area (Å²) >= 11 is 0. The molecule has 8 nitrogen and oxygen atoms in total. The first-order valence-electron chi connectivity index (χ1n) is 9.42. The van der Waals surface area contributed by atoms with Crippen LogP contribution in [0.5, 0.6) is 0 Å². The molecule has 0 N–H and O–H groups in total. The van der Waals surface area contributed by atoms with Gasteiger partial charge in [-0.15, -0.1) is 0 Å². The van der Waals surface area contributed by atoms with Crippen LogP contribution in [0.25, 0.3) is 0 Å². The van der Waals surface area contributed by atoms with Crippen LogP contribution in [-0.4, -0.2) is 64.3 Å². The van der Waals surface area contributed by atoms with Gasteiger partial charge in [-0.3, -0.25) is 4.79 Å². The lowest BCUT2D eigenvalue weighted by molar-refractivity contribution is -0.153. The van der Waals surface area contributed by atoms with Crippen molar-refractivity contribution in [3.8, 4) is 0 Å². The van der Waals surface area contributed by atoms with Gasteiger partial charge in [0.1, 0.15) is 5.76 Å². The fraction of sp³-hybridized carbons (Fsp3) is 0.579. The fourth-order valence-corrected chi connectivity index (χ4v) is 3.95.